The zero-order chi connectivity index (χ0) is 20.3. The molecule has 30 heavy (non-hydrogen) atoms. The Morgan fingerprint density at radius 2 is 1.07 bits per heavy atom. The first-order valence-corrected chi connectivity index (χ1v) is 10.3. The Morgan fingerprint density at radius 1 is 0.767 bits per heavy atom. The fourth-order valence-corrected chi connectivity index (χ4v) is 3.70. The SMILES string of the molecule is C=CCN(CC=C)[SiH]N(CC=C)CC=C.CC1=[C-]CC=C1.CC1=[C-]CC=C1.Cl.Cl.[Zr+2]. The van der Waals surface area contributed by atoms with Crippen LogP contribution in [0.3, 0.4) is 0 Å². The summed E-state index contributed by atoms with van der Waals surface area (Å²) in [6.07, 6.45) is 24.4. The second-order valence-corrected chi connectivity index (χ2v) is 7.80. The summed E-state index contributed by atoms with van der Waals surface area (Å²) in [6, 6.07) is 0. The molecule has 0 saturated heterocycles. The van der Waals surface area contributed by atoms with Crippen LogP contribution in [0, 0.1) is 12.2 Å². The Hall–Kier alpha value is -0.480. The van der Waals surface area contributed by atoms with E-state index >= 15 is 0 Å². The molecule has 165 valence electrons. The predicted octanol–water partition coefficient (Wildman–Crippen LogP) is 5.83. The van der Waals surface area contributed by atoms with Crippen molar-refractivity contribution in [1.82, 2.24) is 9.13 Å². The maximum absolute atomic E-state index is 3.76. The van der Waals surface area contributed by atoms with Gasteiger partial charge in [-0.3, -0.25) is 12.2 Å². The Morgan fingerprint density at radius 3 is 1.20 bits per heavy atom. The van der Waals surface area contributed by atoms with Crippen molar-refractivity contribution >= 4 is 34.7 Å². The Bertz CT molecular complexity index is 508. The van der Waals surface area contributed by atoms with Crippen molar-refractivity contribution in [1.29, 1.82) is 0 Å². The molecule has 2 rings (SSSR count). The number of hydrogen-bond acceptors (Lipinski definition) is 2. The normalized spacial score (nSPS) is 12.5. The van der Waals surface area contributed by atoms with Gasteiger partial charge in [0.15, 0.2) is 0 Å². The quantitative estimate of drug-likeness (QED) is 0.194. The summed E-state index contributed by atoms with van der Waals surface area (Å²) in [5.74, 6) is 0. The third kappa shape index (κ3) is 22.2. The molecule has 1 radical (unpaired) electrons. The topological polar surface area (TPSA) is 6.48 Å². The number of hydrogen-bond donors (Lipinski definition) is 0. The molecule has 2 aliphatic carbocycles. The van der Waals surface area contributed by atoms with Gasteiger partial charge in [-0.05, 0) is 0 Å². The molecule has 0 atom stereocenters. The van der Waals surface area contributed by atoms with Gasteiger partial charge in [0.1, 0.15) is 0 Å². The van der Waals surface area contributed by atoms with Gasteiger partial charge in [-0.2, -0.15) is 12.2 Å². The van der Waals surface area contributed by atoms with Crippen LogP contribution in [0.2, 0.25) is 0 Å². The molecule has 0 aromatic rings. The number of nitrogens with zero attached hydrogens (tertiary/aromatic N) is 2. The molecule has 0 bridgehead atoms. The van der Waals surface area contributed by atoms with Crippen molar-refractivity contribution in [3.63, 3.8) is 0 Å². The Balaban J connectivity index is -0.000000186. The van der Waals surface area contributed by atoms with E-state index in [1.54, 1.807) is 0 Å². The molecule has 0 saturated carbocycles. The van der Waals surface area contributed by atoms with Crippen LogP contribution in [0.1, 0.15) is 26.7 Å². The van der Waals surface area contributed by atoms with Crippen LogP contribution < -0.4 is 0 Å². The van der Waals surface area contributed by atoms with Crippen LogP contribution >= 0.6 is 24.8 Å². The summed E-state index contributed by atoms with van der Waals surface area (Å²) in [5, 5.41) is 0. The van der Waals surface area contributed by atoms with Crippen molar-refractivity contribution in [2.24, 2.45) is 0 Å². The zero-order valence-corrected chi connectivity index (χ0v) is 23.7. The molecule has 0 spiro atoms. The maximum Gasteiger partial charge on any atom is 2.00 e. The number of rotatable bonds is 10. The molecular formula is C24H37Cl2N2SiZr. The summed E-state index contributed by atoms with van der Waals surface area (Å²) < 4.78 is 4.68. The molecule has 6 heteroatoms. The third-order valence-corrected chi connectivity index (χ3v) is 5.01. The van der Waals surface area contributed by atoms with Crippen molar-refractivity contribution in [3.05, 3.63) is 98.2 Å². The maximum atomic E-state index is 3.76. The largest absolute Gasteiger partial charge is 2.00 e. The standard InChI is InChI=1S/C12H21N2Si.2C6H7.2ClH.Zr/c1-5-9-13(10-6-2)15-14(11-7-3)12-8-4;2*1-6-4-2-3-5-6;;;/h5-8,15H,1-4,9-12H2;2*2,4H,3H2,1H3;2*1H;/q;2*-1;;;+2. The minimum absolute atomic E-state index is 0. The van der Waals surface area contributed by atoms with Gasteiger partial charge in [-0.1, -0.05) is 38.2 Å². The molecule has 0 aromatic carbocycles. The molecule has 0 aromatic heterocycles. The van der Waals surface area contributed by atoms with Gasteiger partial charge in [-0.25, -0.2) is 23.3 Å². The summed E-state index contributed by atoms with van der Waals surface area (Å²) in [5.41, 5.74) is 2.55. The summed E-state index contributed by atoms with van der Waals surface area (Å²) in [6.45, 7) is 22.8. The number of allylic oxidation sites excluding steroid dienone is 8. The summed E-state index contributed by atoms with van der Waals surface area (Å²) in [4.78, 5) is 0. The third-order valence-electron chi connectivity index (χ3n) is 3.51. The fourth-order valence-electron chi connectivity index (χ4n) is 2.26. The van der Waals surface area contributed by atoms with Gasteiger partial charge in [-0.15, -0.1) is 64.0 Å². The smallest absolute Gasteiger partial charge is 0.307 e. The molecule has 2 nitrogen and oxygen atoms in total. The molecule has 0 heterocycles. The molecule has 0 unspecified atom stereocenters. The average Bonchev–Trinajstić information content (AvgIpc) is 3.30. The second kappa shape index (κ2) is 26.6. The Kier molecular flexibility index (Phi) is 32.6. The number of halogens is 2. The summed E-state index contributed by atoms with van der Waals surface area (Å²) in [7, 11) is 0.100. The van der Waals surface area contributed by atoms with E-state index in [1.165, 1.54) is 11.1 Å². The van der Waals surface area contributed by atoms with Crippen molar-refractivity contribution < 1.29 is 26.2 Å². The van der Waals surface area contributed by atoms with Gasteiger partial charge >= 0.3 is 26.2 Å². The van der Waals surface area contributed by atoms with E-state index in [4.69, 9.17) is 0 Å². The molecule has 0 amide bonds. The zero-order valence-electron chi connectivity index (χ0n) is 18.5. The van der Waals surface area contributed by atoms with Crippen LogP contribution in [0.4, 0.5) is 0 Å². The monoisotopic (exact) mass is 541 g/mol. The first-order chi connectivity index (χ1) is 13.1. The van der Waals surface area contributed by atoms with E-state index in [9.17, 15) is 0 Å². The van der Waals surface area contributed by atoms with E-state index < -0.39 is 0 Å². The minimum atomic E-state index is 0. The van der Waals surface area contributed by atoms with Gasteiger partial charge < -0.3 is 9.13 Å². The minimum Gasteiger partial charge on any atom is -0.307 e. The van der Waals surface area contributed by atoms with Gasteiger partial charge in [0.05, 0.1) is 0 Å². The molecule has 0 aliphatic heterocycles. The van der Waals surface area contributed by atoms with Crippen molar-refractivity contribution in [2.45, 2.75) is 26.7 Å². The van der Waals surface area contributed by atoms with E-state index in [0.717, 1.165) is 39.0 Å². The van der Waals surface area contributed by atoms with Crippen molar-refractivity contribution in [2.75, 3.05) is 26.2 Å². The summed E-state index contributed by atoms with van der Waals surface area (Å²) >= 11 is 0. The molecule has 0 N–H and O–H groups in total. The van der Waals surface area contributed by atoms with Crippen molar-refractivity contribution in [3.8, 4) is 0 Å². The van der Waals surface area contributed by atoms with Crippen LogP contribution in [-0.4, -0.2) is 45.2 Å². The molecule has 2 aliphatic rings. The first-order valence-electron chi connectivity index (χ1n) is 9.31. The van der Waals surface area contributed by atoms with Crippen LogP contribution in [0.5, 0.6) is 0 Å². The van der Waals surface area contributed by atoms with Gasteiger partial charge in [0.25, 0.3) is 0 Å². The van der Waals surface area contributed by atoms with E-state index in [-0.39, 0.29) is 60.9 Å². The van der Waals surface area contributed by atoms with Crippen LogP contribution in [0.15, 0.2) is 86.1 Å². The first kappa shape index (κ1) is 36.9. The van der Waals surface area contributed by atoms with E-state index in [2.05, 4.69) is 85.8 Å². The fraction of sp³-hybridized carbons (Fsp3) is 0.333. The van der Waals surface area contributed by atoms with E-state index in [0.29, 0.717) is 0 Å². The average molecular weight is 544 g/mol. The van der Waals surface area contributed by atoms with Crippen LogP contribution in [-0.2, 0) is 26.2 Å². The Labute approximate surface area is 219 Å². The van der Waals surface area contributed by atoms with Gasteiger partial charge in [0, 0.05) is 26.2 Å². The molecular weight excluding hydrogens is 506 g/mol. The van der Waals surface area contributed by atoms with E-state index in [1.807, 2.05) is 24.3 Å². The van der Waals surface area contributed by atoms with Gasteiger partial charge in [0.2, 0.25) is 9.84 Å². The van der Waals surface area contributed by atoms with Crippen LogP contribution in [0.25, 0.3) is 0 Å². The predicted molar refractivity (Wildman–Crippen MR) is 138 cm³/mol. The second-order valence-electron chi connectivity index (χ2n) is 6.11. The molecule has 0 fully saturated rings.